The van der Waals surface area contributed by atoms with E-state index in [1.54, 1.807) is 6.07 Å². The van der Waals surface area contributed by atoms with Gasteiger partial charge in [-0.1, -0.05) is 48.5 Å². The fourth-order valence-corrected chi connectivity index (χ4v) is 2.46. The van der Waals surface area contributed by atoms with Gasteiger partial charge in [-0.05, 0) is 53.4 Å². The van der Waals surface area contributed by atoms with Crippen LogP contribution in [0.5, 0.6) is 5.75 Å². The molecular weight excluding hydrogens is 314 g/mol. The molecule has 2 N–H and O–H groups in total. The van der Waals surface area contributed by atoms with Gasteiger partial charge in [0.2, 0.25) is 0 Å². The second-order valence-electron chi connectivity index (χ2n) is 5.77. The number of aromatic hydroxyl groups is 1. The van der Waals surface area contributed by atoms with Crippen LogP contribution in [0.25, 0.3) is 11.1 Å². The zero-order valence-corrected chi connectivity index (χ0v) is 13.9. The third-order valence-corrected chi connectivity index (χ3v) is 3.87. The van der Waals surface area contributed by atoms with E-state index in [1.165, 1.54) is 0 Å². The number of hydrogen-bond donors (Lipinski definition) is 2. The summed E-state index contributed by atoms with van der Waals surface area (Å²) in [5, 5.41) is 12.3. The van der Waals surface area contributed by atoms with Gasteiger partial charge in [0.05, 0.1) is 0 Å². The molecule has 25 heavy (non-hydrogen) atoms. The first-order valence-corrected chi connectivity index (χ1v) is 7.99. The van der Waals surface area contributed by atoms with Crippen molar-refractivity contribution >= 4 is 11.8 Å². The first-order chi connectivity index (χ1) is 12.1. The minimum absolute atomic E-state index is 0.234. The summed E-state index contributed by atoms with van der Waals surface area (Å²) < 4.78 is 5.20. The summed E-state index contributed by atoms with van der Waals surface area (Å²) in [6.45, 7) is 2.09. The maximum atomic E-state index is 11.9. The first kappa shape index (κ1) is 16.6. The van der Waals surface area contributed by atoms with E-state index in [0.717, 1.165) is 22.3 Å². The maximum Gasteiger partial charge on any atom is 0.411 e. The summed E-state index contributed by atoms with van der Waals surface area (Å²) in [4.78, 5) is 11.9. The van der Waals surface area contributed by atoms with Crippen molar-refractivity contribution < 1.29 is 14.6 Å². The van der Waals surface area contributed by atoms with Gasteiger partial charge in [0.15, 0.2) is 0 Å². The molecule has 0 bridgehead atoms. The number of phenols is 1. The number of aryl methyl sites for hydroxylation is 1. The van der Waals surface area contributed by atoms with Gasteiger partial charge in [-0.25, -0.2) is 4.79 Å². The number of hydrogen-bond acceptors (Lipinski definition) is 3. The zero-order chi connectivity index (χ0) is 17.6. The molecule has 0 fully saturated rings. The van der Waals surface area contributed by atoms with E-state index in [-0.39, 0.29) is 12.4 Å². The van der Waals surface area contributed by atoms with Crippen LogP contribution in [0.3, 0.4) is 0 Å². The van der Waals surface area contributed by atoms with Crippen molar-refractivity contribution in [1.82, 2.24) is 0 Å². The Hall–Kier alpha value is -3.27. The highest BCUT2D eigenvalue weighted by atomic mass is 16.5. The molecule has 0 radical (unpaired) electrons. The van der Waals surface area contributed by atoms with Crippen molar-refractivity contribution in [2.24, 2.45) is 0 Å². The van der Waals surface area contributed by atoms with Crippen LogP contribution >= 0.6 is 0 Å². The lowest BCUT2D eigenvalue weighted by Gasteiger charge is -2.09. The lowest BCUT2D eigenvalue weighted by Crippen LogP contribution is -2.13. The first-order valence-electron chi connectivity index (χ1n) is 7.99. The van der Waals surface area contributed by atoms with Crippen LogP contribution < -0.4 is 5.32 Å². The Kier molecular flexibility index (Phi) is 5.00. The van der Waals surface area contributed by atoms with E-state index >= 15 is 0 Å². The molecule has 0 aromatic heterocycles. The SMILES string of the molecule is Cc1cc(-c2ccc(NC(=O)OCc3ccccc3)cc2)ccc1O. The highest BCUT2D eigenvalue weighted by Gasteiger charge is 2.05. The Bertz CT molecular complexity index is 858. The molecule has 0 aliphatic carbocycles. The van der Waals surface area contributed by atoms with E-state index in [0.29, 0.717) is 5.69 Å². The van der Waals surface area contributed by atoms with Gasteiger partial charge in [0.1, 0.15) is 12.4 Å². The maximum absolute atomic E-state index is 11.9. The van der Waals surface area contributed by atoms with E-state index in [2.05, 4.69) is 5.32 Å². The standard InChI is InChI=1S/C21H19NO3/c1-15-13-18(9-12-20(15)23)17-7-10-19(11-8-17)22-21(24)25-14-16-5-3-2-4-6-16/h2-13,23H,14H2,1H3,(H,22,24). The largest absolute Gasteiger partial charge is 0.508 e. The van der Waals surface area contributed by atoms with Crippen LogP contribution in [0.15, 0.2) is 72.8 Å². The van der Waals surface area contributed by atoms with Gasteiger partial charge < -0.3 is 9.84 Å². The van der Waals surface area contributed by atoms with Crippen LogP contribution in [0.4, 0.5) is 10.5 Å². The minimum atomic E-state index is -0.489. The summed E-state index contributed by atoms with van der Waals surface area (Å²) in [7, 11) is 0. The molecule has 1 amide bonds. The normalized spacial score (nSPS) is 10.3. The van der Waals surface area contributed by atoms with Gasteiger partial charge in [-0.3, -0.25) is 5.32 Å². The summed E-state index contributed by atoms with van der Waals surface area (Å²) in [5.74, 6) is 0.281. The summed E-state index contributed by atoms with van der Waals surface area (Å²) in [6.07, 6.45) is -0.489. The Balaban J connectivity index is 1.60. The van der Waals surface area contributed by atoms with Crippen LogP contribution in [0.2, 0.25) is 0 Å². The van der Waals surface area contributed by atoms with E-state index in [1.807, 2.05) is 73.7 Å². The predicted molar refractivity (Wildman–Crippen MR) is 98.5 cm³/mol. The number of carbonyl (C=O) groups excluding carboxylic acids is 1. The second-order valence-corrected chi connectivity index (χ2v) is 5.77. The second kappa shape index (κ2) is 7.53. The van der Waals surface area contributed by atoms with Crippen molar-refractivity contribution in [3.63, 3.8) is 0 Å². The van der Waals surface area contributed by atoms with Gasteiger partial charge in [0, 0.05) is 5.69 Å². The van der Waals surface area contributed by atoms with Crippen LogP contribution in [0, 0.1) is 6.92 Å². The Labute approximate surface area is 146 Å². The van der Waals surface area contributed by atoms with Gasteiger partial charge in [-0.15, -0.1) is 0 Å². The number of phenolic OH excluding ortho intramolecular Hbond substituents is 1. The fraction of sp³-hybridized carbons (Fsp3) is 0.0952. The lowest BCUT2D eigenvalue weighted by atomic mass is 10.0. The van der Waals surface area contributed by atoms with Crippen LogP contribution in [0.1, 0.15) is 11.1 Å². The molecule has 0 aliphatic heterocycles. The molecule has 0 aliphatic rings. The molecule has 0 unspecified atom stereocenters. The minimum Gasteiger partial charge on any atom is -0.508 e. The molecule has 126 valence electrons. The molecule has 0 saturated carbocycles. The van der Waals surface area contributed by atoms with Crippen molar-refractivity contribution in [3.8, 4) is 16.9 Å². The van der Waals surface area contributed by atoms with Gasteiger partial charge >= 0.3 is 6.09 Å². The molecule has 3 aromatic rings. The fourth-order valence-electron chi connectivity index (χ4n) is 2.46. The lowest BCUT2D eigenvalue weighted by molar-refractivity contribution is 0.155. The summed E-state index contributed by atoms with van der Waals surface area (Å²) >= 11 is 0. The number of amides is 1. The molecular formula is C21H19NO3. The third-order valence-electron chi connectivity index (χ3n) is 3.87. The van der Waals surface area contributed by atoms with Gasteiger partial charge in [-0.2, -0.15) is 0 Å². The smallest absolute Gasteiger partial charge is 0.411 e. The molecule has 0 heterocycles. The van der Waals surface area contributed by atoms with Crippen molar-refractivity contribution in [2.75, 3.05) is 5.32 Å². The Morgan fingerprint density at radius 3 is 2.32 bits per heavy atom. The topological polar surface area (TPSA) is 58.6 Å². The molecule has 0 saturated heterocycles. The Morgan fingerprint density at radius 1 is 0.960 bits per heavy atom. The molecule has 3 aromatic carbocycles. The van der Waals surface area contributed by atoms with E-state index < -0.39 is 6.09 Å². The number of rotatable bonds is 4. The van der Waals surface area contributed by atoms with E-state index in [4.69, 9.17) is 4.74 Å². The number of benzene rings is 3. The van der Waals surface area contributed by atoms with Crippen LogP contribution in [-0.4, -0.2) is 11.2 Å². The summed E-state index contributed by atoms with van der Waals surface area (Å²) in [6, 6.07) is 22.5. The predicted octanol–water partition coefficient (Wildman–Crippen LogP) is 5.12. The van der Waals surface area contributed by atoms with E-state index in [9.17, 15) is 9.90 Å². The number of nitrogens with one attached hydrogen (secondary N) is 1. The zero-order valence-electron chi connectivity index (χ0n) is 13.9. The number of carbonyl (C=O) groups is 1. The average molecular weight is 333 g/mol. The third kappa shape index (κ3) is 4.38. The van der Waals surface area contributed by atoms with Crippen LogP contribution in [-0.2, 0) is 11.3 Å². The number of anilines is 1. The quantitative estimate of drug-likeness (QED) is 0.697. The summed E-state index contributed by atoms with van der Waals surface area (Å²) in [5.41, 5.74) is 4.44. The molecule has 0 atom stereocenters. The highest BCUT2D eigenvalue weighted by Crippen LogP contribution is 2.26. The highest BCUT2D eigenvalue weighted by molar-refractivity contribution is 5.85. The van der Waals surface area contributed by atoms with Crippen molar-refractivity contribution in [3.05, 3.63) is 83.9 Å². The molecule has 4 heteroatoms. The average Bonchev–Trinajstić information content (AvgIpc) is 2.64. The van der Waals surface area contributed by atoms with Gasteiger partial charge in [0.25, 0.3) is 0 Å². The molecule has 0 spiro atoms. The van der Waals surface area contributed by atoms with Crippen molar-refractivity contribution in [2.45, 2.75) is 13.5 Å². The molecule has 3 rings (SSSR count). The monoisotopic (exact) mass is 333 g/mol. The van der Waals surface area contributed by atoms with Crippen molar-refractivity contribution in [1.29, 1.82) is 0 Å². The molecule has 4 nitrogen and oxygen atoms in total. The Morgan fingerprint density at radius 2 is 1.64 bits per heavy atom. The number of ether oxygens (including phenoxy) is 1.